The molecule has 3 N–H and O–H groups in total. The summed E-state index contributed by atoms with van der Waals surface area (Å²) in [6.45, 7) is 10.2. The van der Waals surface area contributed by atoms with E-state index in [0.29, 0.717) is 13.1 Å². The summed E-state index contributed by atoms with van der Waals surface area (Å²) in [5.41, 5.74) is -0.916. The molecule has 0 spiro atoms. The number of nitrogens with one attached hydrogen (secondary N) is 2. The van der Waals surface area contributed by atoms with Gasteiger partial charge in [-0.3, -0.25) is 4.99 Å². The van der Waals surface area contributed by atoms with Gasteiger partial charge in [0.2, 0.25) is 0 Å². The highest BCUT2D eigenvalue weighted by atomic mass is 32.1. The Hall–Kier alpha value is -1.37. The molecule has 0 saturated carbocycles. The van der Waals surface area contributed by atoms with Crippen molar-refractivity contribution in [2.45, 2.75) is 38.7 Å². The van der Waals surface area contributed by atoms with E-state index in [4.69, 9.17) is 4.99 Å². The summed E-state index contributed by atoms with van der Waals surface area (Å²) in [4.78, 5) is 6.99. The van der Waals surface area contributed by atoms with Gasteiger partial charge < -0.3 is 15.7 Å². The van der Waals surface area contributed by atoms with E-state index in [1.807, 2.05) is 31.4 Å². The zero-order valence-corrected chi connectivity index (χ0v) is 16.4. The Labute approximate surface area is 152 Å². The van der Waals surface area contributed by atoms with Crippen molar-refractivity contribution in [3.63, 3.8) is 0 Å². The van der Waals surface area contributed by atoms with Crippen LogP contribution in [0.2, 0.25) is 0 Å². The van der Waals surface area contributed by atoms with Crippen molar-refractivity contribution >= 4 is 28.6 Å². The Bertz CT molecular complexity index is 631. The lowest BCUT2D eigenvalue weighted by Crippen LogP contribution is -2.44. The largest absolute Gasteiger partial charge is 0.383 e. The smallest absolute Gasteiger partial charge is 0.191 e. The third-order valence-electron chi connectivity index (χ3n) is 3.82. The molecule has 0 amide bonds. The molecule has 2 rings (SSSR count). The Morgan fingerprint density at radius 1 is 1.08 bits per heavy atom. The maximum Gasteiger partial charge on any atom is 0.191 e. The number of thiophene rings is 2. The Kier molecular flexibility index (Phi) is 6.43. The Balaban J connectivity index is 2.01. The average molecular weight is 366 g/mol. The molecule has 6 heteroatoms. The summed E-state index contributed by atoms with van der Waals surface area (Å²) in [7, 11) is 0. The summed E-state index contributed by atoms with van der Waals surface area (Å²) < 4.78 is 0. The molecule has 2 aromatic heterocycles. The SMILES string of the molecule is CCNC(=NCC(C)(C)c1cccs1)NCC(C)(O)c1cccs1. The average Bonchev–Trinajstić information content (AvgIpc) is 3.23. The molecular formula is C18H27N3OS2. The normalized spacial score (nSPS) is 15.1. The molecule has 132 valence electrons. The van der Waals surface area contributed by atoms with Crippen LogP contribution in [-0.4, -0.2) is 30.7 Å². The molecule has 24 heavy (non-hydrogen) atoms. The molecule has 2 aromatic rings. The summed E-state index contributed by atoms with van der Waals surface area (Å²) in [5.74, 6) is 0.735. The van der Waals surface area contributed by atoms with E-state index in [1.165, 1.54) is 4.88 Å². The third-order valence-corrected chi connectivity index (χ3v) is 6.18. The van der Waals surface area contributed by atoms with Crippen LogP contribution in [0.15, 0.2) is 40.0 Å². The second-order valence-corrected chi connectivity index (χ2v) is 8.56. The van der Waals surface area contributed by atoms with Crippen molar-refractivity contribution in [3.8, 4) is 0 Å². The highest BCUT2D eigenvalue weighted by molar-refractivity contribution is 7.10. The first-order valence-corrected chi connectivity index (χ1v) is 9.93. The fourth-order valence-electron chi connectivity index (χ4n) is 2.29. The lowest BCUT2D eigenvalue weighted by molar-refractivity contribution is 0.0655. The van der Waals surface area contributed by atoms with Gasteiger partial charge in [-0.1, -0.05) is 26.0 Å². The van der Waals surface area contributed by atoms with Crippen molar-refractivity contribution in [3.05, 3.63) is 44.8 Å². The molecular weight excluding hydrogens is 338 g/mol. The van der Waals surface area contributed by atoms with Crippen LogP contribution < -0.4 is 10.6 Å². The van der Waals surface area contributed by atoms with Gasteiger partial charge in [-0.05, 0) is 36.7 Å². The zero-order chi connectivity index (χ0) is 17.6. The highest BCUT2D eigenvalue weighted by Crippen LogP contribution is 2.28. The summed E-state index contributed by atoms with van der Waals surface area (Å²) in [6.07, 6.45) is 0. The van der Waals surface area contributed by atoms with Gasteiger partial charge in [0.1, 0.15) is 5.60 Å². The fraction of sp³-hybridized carbons (Fsp3) is 0.500. The van der Waals surface area contributed by atoms with E-state index >= 15 is 0 Å². The minimum atomic E-state index is -0.909. The quantitative estimate of drug-likeness (QED) is 0.519. The van der Waals surface area contributed by atoms with Crippen LogP contribution in [0.5, 0.6) is 0 Å². The predicted molar refractivity (Wildman–Crippen MR) is 105 cm³/mol. The molecule has 0 fully saturated rings. The molecule has 0 aliphatic carbocycles. The van der Waals surface area contributed by atoms with Gasteiger partial charge in [0.25, 0.3) is 0 Å². The van der Waals surface area contributed by atoms with E-state index < -0.39 is 5.60 Å². The van der Waals surface area contributed by atoms with Crippen LogP contribution in [-0.2, 0) is 11.0 Å². The van der Waals surface area contributed by atoms with Crippen molar-refractivity contribution in [2.24, 2.45) is 4.99 Å². The van der Waals surface area contributed by atoms with Crippen molar-refractivity contribution < 1.29 is 5.11 Å². The number of guanidine groups is 1. The number of rotatable bonds is 7. The number of hydrogen-bond acceptors (Lipinski definition) is 4. The first kappa shape index (κ1) is 19.0. The first-order chi connectivity index (χ1) is 11.3. The van der Waals surface area contributed by atoms with Crippen molar-refractivity contribution in [2.75, 3.05) is 19.6 Å². The molecule has 0 radical (unpaired) electrons. The lowest BCUT2D eigenvalue weighted by Gasteiger charge is -2.25. The van der Waals surface area contributed by atoms with Crippen LogP contribution in [0.25, 0.3) is 0 Å². The highest BCUT2D eigenvalue weighted by Gasteiger charge is 2.25. The minimum Gasteiger partial charge on any atom is -0.383 e. The van der Waals surface area contributed by atoms with Crippen LogP contribution in [0.4, 0.5) is 0 Å². The minimum absolute atomic E-state index is 0.00715. The van der Waals surface area contributed by atoms with Gasteiger partial charge in [0, 0.05) is 21.7 Å². The molecule has 0 aliphatic heterocycles. The maximum atomic E-state index is 10.6. The molecule has 1 unspecified atom stereocenters. The second-order valence-electron chi connectivity index (χ2n) is 6.66. The Morgan fingerprint density at radius 2 is 1.71 bits per heavy atom. The molecule has 0 saturated heterocycles. The molecule has 0 aliphatic rings. The monoisotopic (exact) mass is 365 g/mol. The van der Waals surface area contributed by atoms with Gasteiger partial charge in [-0.25, -0.2) is 0 Å². The fourth-order valence-corrected chi connectivity index (χ4v) is 3.92. The number of hydrogen-bond donors (Lipinski definition) is 3. The van der Waals surface area contributed by atoms with Crippen LogP contribution in [0.3, 0.4) is 0 Å². The summed E-state index contributed by atoms with van der Waals surface area (Å²) in [5, 5.41) is 21.2. The number of nitrogens with zero attached hydrogens (tertiary/aromatic N) is 1. The van der Waals surface area contributed by atoms with Crippen LogP contribution in [0, 0.1) is 0 Å². The van der Waals surface area contributed by atoms with E-state index in [-0.39, 0.29) is 5.41 Å². The van der Waals surface area contributed by atoms with Crippen molar-refractivity contribution in [1.82, 2.24) is 10.6 Å². The summed E-state index contributed by atoms with van der Waals surface area (Å²) >= 11 is 3.32. The van der Waals surface area contributed by atoms with E-state index in [0.717, 1.165) is 17.4 Å². The third kappa shape index (κ3) is 5.06. The topological polar surface area (TPSA) is 56.7 Å². The van der Waals surface area contributed by atoms with E-state index in [9.17, 15) is 5.11 Å². The van der Waals surface area contributed by atoms with Gasteiger partial charge in [-0.2, -0.15) is 0 Å². The molecule has 0 aromatic carbocycles. The van der Waals surface area contributed by atoms with Gasteiger partial charge in [-0.15, -0.1) is 22.7 Å². The standard InChI is InChI=1S/C18H27N3OS2/c1-5-19-16(20-12-17(2,3)14-8-6-10-23-14)21-13-18(4,22)15-9-7-11-24-15/h6-11,22H,5,12-13H2,1-4H3,(H2,19,20,21). The Morgan fingerprint density at radius 3 is 2.25 bits per heavy atom. The molecule has 2 heterocycles. The maximum absolute atomic E-state index is 10.6. The lowest BCUT2D eigenvalue weighted by atomic mass is 9.92. The van der Waals surface area contributed by atoms with E-state index in [1.54, 1.807) is 22.7 Å². The summed E-state index contributed by atoms with van der Waals surface area (Å²) in [6, 6.07) is 8.14. The zero-order valence-electron chi connectivity index (χ0n) is 14.8. The molecule has 0 bridgehead atoms. The van der Waals surface area contributed by atoms with Crippen LogP contribution in [0.1, 0.15) is 37.4 Å². The van der Waals surface area contributed by atoms with Crippen LogP contribution >= 0.6 is 22.7 Å². The van der Waals surface area contributed by atoms with Gasteiger partial charge >= 0.3 is 0 Å². The second kappa shape index (κ2) is 8.14. The van der Waals surface area contributed by atoms with E-state index in [2.05, 4.69) is 42.0 Å². The first-order valence-electron chi connectivity index (χ1n) is 8.18. The van der Waals surface area contributed by atoms with Crippen molar-refractivity contribution in [1.29, 1.82) is 0 Å². The number of aliphatic imine (C=N–C) groups is 1. The molecule has 4 nitrogen and oxygen atoms in total. The van der Waals surface area contributed by atoms with Gasteiger partial charge in [0.15, 0.2) is 5.96 Å². The predicted octanol–water partition coefficient (Wildman–Crippen LogP) is 3.55. The molecule has 1 atom stereocenters. The van der Waals surface area contributed by atoms with Gasteiger partial charge in [0.05, 0.1) is 13.1 Å². The number of aliphatic hydroxyl groups is 1.